The van der Waals surface area contributed by atoms with E-state index in [4.69, 9.17) is 26.5 Å². The monoisotopic (exact) mass is 511 g/mol. The van der Waals surface area contributed by atoms with Gasteiger partial charge in [-0.1, -0.05) is 17.7 Å². The maximum absolute atomic E-state index is 13.3. The number of carbonyl (C=O) groups excluding carboxylic acids is 1. The summed E-state index contributed by atoms with van der Waals surface area (Å²) in [5.41, 5.74) is 5.12. The minimum atomic E-state index is -0.250. The van der Waals surface area contributed by atoms with E-state index in [2.05, 4.69) is 65.0 Å². The number of hydrogen-bond donors (Lipinski definition) is 2. The van der Waals surface area contributed by atoms with E-state index in [9.17, 15) is 4.79 Å². The molecule has 2 aliphatic rings. The Morgan fingerprint density at radius 1 is 1.17 bits per heavy atom. The van der Waals surface area contributed by atoms with Gasteiger partial charge in [-0.25, -0.2) is 4.98 Å². The first-order valence-electron chi connectivity index (χ1n) is 12.3. The van der Waals surface area contributed by atoms with Crippen LogP contribution in [-0.4, -0.2) is 83.6 Å². The zero-order chi connectivity index (χ0) is 25.8. The summed E-state index contributed by atoms with van der Waals surface area (Å²) >= 11 is 6.59. The van der Waals surface area contributed by atoms with Crippen molar-refractivity contribution in [1.29, 1.82) is 0 Å². The molecule has 2 atom stereocenters. The number of benzene rings is 2. The number of likely N-dealkylation sites (tertiary alicyclic amines) is 1. The van der Waals surface area contributed by atoms with Crippen molar-refractivity contribution in [2.24, 2.45) is 5.92 Å². The Labute approximate surface area is 216 Å². The van der Waals surface area contributed by atoms with Crippen LogP contribution in [0.15, 0.2) is 36.4 Å². The average molecular weight is 512 g/mol. The number of H-pyrrole nitrogens is 1. The van der Waals surface area contributed by atoms with Gasteiger partial charge in [0.05, 0.1) is 22.0 Å². The summed E-state index contributed by atoms with van der Waals surface area (Å²) in [7, 11) is 4.20. The molecule has 1 unspecified atom stereocenters. The summed E-state index contributed by atoms with van der Waals surface area (Å²) < 4.78 is 0. The standard InChI is InChI=1S/C26H32ClN5O.CH2O2/c1-17-6-9-23-24(13-17)29-25(28-23)21-14-19(7-8-22(21)27)31-11-4-5-18(15-31)26(33)32-12-10-20(16-32)30(2)3;2-1-3/h6-9,13-14,18,20H,4-5,10-12,15-16H2,1-3H3,(H,28,29);1H,(H,2,3)/t18-,20?;/m1./s1. The second-order valence-corrected chi connectivity index (χ2v) is 10.3. The van der Waals surface area contributed by atoms with Crippen molar-refractivity contribution < 1.29 is 14.7 Å². The second-order valence-electron chi connectivity index (χ2n) is 9.85. The lowest BCUT2D eigenvalue weighted by Crippen LogP contribution is -2.45. The molecule has 0 aliphatic carbocycles. The van der Waals surface area contributed by atoms with Crippen molar-refractivity contribution in [1.82, 2.24) is 19.8 Å². The van der Waals surface area contributed by atoms with Crippen LogP contribution in [0.3, 0.4) is 0 Å². The van der Waals surface area contributed by atoms with E-state index in [-0.39, 0.29) is 12.4 Å². The molecule has 2 fully saturated rings. The first kappa shape index (κ1) is 26.0. The van der Waals surface area contributed by atoms with Gasteiger partial charge >= 0.3 is 0 Å². The number of carboxylic acid groups (broad SMARTS) is 1. The summed E-state index contributed by atoms with van der Waals surface area (Å²) in [4.78, 5) is 36.4. The third kappa shape index (κ3) is 5.65. The summed E-state index contributed by atoms with van der Waals surface area (Å²) in [5, 5.41) is 7.56. The molecule has 1 amide bonds. The van der Waals surface area contributed by atoms with E-state index in [1.165, 1.54) is 5.56 Å². The summed E-state index contributed by atoms with van der Waals surface area (Å²) in [6, 6.07) is 12.8. The molecular formula is C27H34ClN5O3. The van der Waals surface area contributed by atoms with Crippen LogP contribution in [0.25, 0.3) is 22.4 Å². The van der Waals surface area contributed by atoms with Gasteiger partial charge in [0.2, 0.25) is 5.91 Å². The highest BCUT2D eigenvalue weighted by atomic mass is 35.5. The number of imidazole rings is 1. The maximum atomic E-state index is 13.3. The Bertz CT molecular complexity index is 1230. The minimum Gasteiger partial charge on any atom is -0.483 e. The minimum absolute atomic E-state index is 0.0490. The van der Waals surface area contributed by atoms with Crippen LogP contribution in [-0.2, 0) is 9.59 Å². The van der Waals surface area contributed by atoms with E-state index >= 15 is 0 Å². The molecule has 2 N–H and O–H groups in total. The molecule has 3 aromatic rings. The number of nitrogens with zero attached hydrogens (tertiary/aromatic N) is 4. The van der Waals surface area contributed by atoms with E-state index < -0.39 is 0 Å². The number of rotatable bonds is 4. The predicted molar refractivity (Wildman–Crippen MR) is 144 cm³/mol. The largest absolute Gasteiger partial charge is 0.483 e. The lowest BCUT2D eigenvalue weighted by Gasteiger charge is -2.35. The Kier molecular flexibility index (Phi) is 8.16. The number of nitrogens with one attached hydrogen (secondary N) is 1. The van der Waals surface area contributed by atoms with Gasteiger partial charge in [0, 0.05) is 43.5 Å². The quantitative estimate of drug-likeness (QED) is 0.508. The number of piperidine rings is 1. The summed E-state index contributed by atoms with van der Waals surface area (Å²) in [5.74, 6) is 1.14. The molecule has 1 aromatic heterocycles. The number of aryl methyl sites for hydroxylation is 1. The fraction of sp³-hybridized carbons (Fsp3) is 0.444. The highest BCUT2D eigenvalue weighted by Crippen LogP contribution is 2.34. The fourth-order valence-corrected chi connectivity index (χ4v) is 5.38. The highest BCUT2D eigenvalue weighted by Gasteiger charge is 2.34. The van der Waals surface area contributed by atoms with Gasteiger partial charge in [-0.05, 0) is 76.2 Å². The number of aromatic amines is 1. The van der Waals surface area contributed by atoms with Crippen LogP contribution >= 0.6 is 11.6 Å². The number of anilines is 1. The molecule has 0 bridgehead atoms. The van der Waals surface area contributed by atoms with Crippen molar-refractivity contribution in [3.63, 3.8) is 0 Å². The zero-order valence-electron chi connectivity index (χ0n) is 21.1. The highest BCUT2D eigenvalue weighted by molar-refractivity contribution is 6.33. The first-order valence-corrected chi connectivity index (χ1v) is 12.7. The molecule has 192 valence electrons. The van der Waals surface area contributed by atoms with Gasteiger partial charge in [0.25, 0.3) is 6.47 Å². The van der Waals surface area contributed by atoms with Crippen molar-refractivity contribution in [2.45, 2.75) is 32.2 Å². The number of halogens is 1. The van der Waals surface area contributed by atoms with E-state index in [0.29, 0.717) is 17.0 Å². The smallest absolute Gasteiger partial charge is 0.290 e. The summed E-state index contributed by atoms with van der Waals surface area (Å²) in [6.45, 7) is 5.24. The van der Waals surface area contributed by atoms with E-state index in [1.54, 1.807) is 0 Å². The van der Waals surface area contributed by atoms with Crippen molar-refractivity contribution in [3.05, 3.63) is 47.0 Å². The number of aromatic nitrogens is 2. The normalized spacial score (nSPS) is 19.9. The first-order chi connectivity index (χ1) is 17.3. The van der Waals surface area contributed by atoms with Gasteiger partial charge in [-0.2, -0.15) is 0 Å². The average Bonchev–Trinajstić information content (AvgIpc) is 3.52. The van der Waals surface area contributed by atoms with E-state index in [0.717, 1.165) is 73.6 Å². The Hall–Kier alpha value is -3.10. The maximum Gasteiger partial charge on any atom is 0.290 e. The summed E-state index contributed by atoms with van der Waals surface area (Å²) in [6.07, 6.45) is 3.04. The van der Waals surface area contributed by atoms with Crippen LogP contribution in [0.2, 0.25) is 5.02 Å². The molecular weight excluding hydrogens is 478 g/mol. The predicted octanol–water partition coefficient (Wildman–Crippen LogP) is 4.27. The third-order valence-corrected chi connectivity index (χ3v) is 7.51. The van der Waals surface area contributed by atoms with Crippen LogP contribution in [0.5, 0.6) is 0 Å². The van der Waals surface area contributed by atoms with Crippen molar-refractivity contribution >= 4 is 40.7 Å². The molecule has 2 saturated heterocycles. The molecule has 0 saturated carbocycles. The van der Waals surface area contributed by atoms with Gasteiger partial charge in [-0.15, -0.1) is 0 Å². The molecule has 36 heavy (non-hydrogen) atoms. The number of hydrogen-bond acceptors (Lipinski definition) is 5. The van der Waals surface area contributed by atoms with Crippen molar-refractivity contribution in [3.8, 4) is 11.4 Å². The van der Waals surface area contributed by atoms with Gasteiger partial charge in [-0.3, -0.25) is 9.59 Å². The zero-order valence-corrected chi connectivity index (χ0v) is 21.8. The van der Waals surface area contributed by atoms with Crippen LogP contribution in [0.4, 0.5) is 5.69 Å². The van der Waals surface area contributed by atoms with Crippen LogP contribution in [0, 0.1) is 12.8 Å². The molecule has 2 aromatic carbocycles. The topological polar surface area (TPSA) is 92.8 Å². The fourth-order valence-electron chi connectivity index (χ4n) is 5.18. The Balaban J connectivity index is 0.000000967. The molecule has 5 rings (SSSR count). The molecule has 8 nitrogen and oxygen atoms in total. The lowest BCUT2D eigenvalue weighted by molar-refractivity contribution is -0.134. The van der Waals surface area contributed by atoms with Gasteiger partial charge < -0.3 is 24.8 Å². The molecule has 0 spiro atoms. The molecule has 3 heterocycles. The second kappa shape index (κ2) is 11.3. The van der Waals surface area contributed by atoms with Gasteiger partial charge in [0.15, 0.2) is 0 Å². The Morgan fingerprint density at radius 2 is 1.94 bits per heavy atom. The van der Waals surface area contributed by atoms with E-state index in [1.807, 2.05) is 12.1 Å². The van der Waals surface area contributed by atoms with Crippen molar-refractivity contribution in [2.75, 3.05) is 45.2 Å². The Morgan fingerprint density at radius 3 is 2.67 bits per heavy atom. The number of carbonyl (C=O) groups is 2. The van der Waals surface area contributed by atoms with Gasteiger partial charge in [0.1, 0.15) is 5.82 Å². The SMILES string of the molecule is Cc1ccc2nc(-c3cc(N4CCC[C@@H](C(=O)N5CCC(N(C)C)C5)C4)ccc3Cl)[nH]c2c1.O=CO. The molecule has 0 radical (unpaired) electrons. The number of fused-ring (bicyclic) bond motifs is 1. The van der Waals surface area contributed by atoms with Crippen LogP contribution in [0.1, 0.15) is 24.8 Å². The lowest BCUT2D eigenvalue weighted by atomic mass is 9.96. The molecule has 9 heteroatoms. The third-order valence-electron chi connectivity index (χ3n) is 7.18. The van der Waals surface area contributed by atoms with Crippen LogP contribution < -0.4 is 4.90 Å². The molecule has 2 aliphatic heterocycles. The number of likely N-dealkylation sites (N-methyl/N-ethyl adjacent to an activating group) is 1. The number of amides is 1.